The quantitative estimate of drug-likeness (QED) is 0.684. The molecule has 4 heteroatoms. The number of methoxy groups -OCH3 is 1. The maximum Gasteiger partial charge on any atom is 0.116 e. The van der Waals surface area contributed by atoms with E-state index in [1.807, 2.05) is 0 Å². The van der Waals surface area contributed by atoms with E-state index in [9.17, 15) is 0 Å². The molecule has 1 aliphatic rings. The molecule has 0 aromatic rings. The average molecular weight is 196 g/mol. The summed E-state index contributed by atoms with van der Waals surface area (Å²) >= 11 is 0. The molecule has 0 amide bonds. The maximum atomic E-state index is 5.52. The van der Waals surface area contributed by atoms with Crippen LogP contribution in [0.25, 0.3) is 0 Å². The molecule has 1 heterocycles. The van der Waals surface area contributed by atoms with Gasteiger partial charge in [-0.25, -0.2) is 0 Å². The van der Waals surface area contributed by atoms with Crippen LogP contribution in [-0.2, 0) is 9.47 Å². The van der Waals surface area contributed by atoms with E-state index in [2.05, 4.69) is 12.2 Å². The van der Waals surface area contributed by atoms with Crippen LogP contribution in [0.15, 0.2) is 0 Å². The summed E-state index contributed by atoms with van der Waals surface area (Å²) in [6.45, 7) is 4.73. The Labute approximate surface area is 80.2 Å². The van der Waals surface area contributed by atoms with Gasteiger partial charge in [-0.2, -0.15) is 0 Å². The van der Waals surface area contributed by atoms with Gasteiger partial charge in [-0.05, 0) is 19.8 Å². The Hall–Kier alpha value is 0.170. The molecule has 74 valence electrons. The van der Waals surface area contributed by atoms with Gasteiger partial charge in [0.15, 0.2) is 0 Å². The van der Waals surface area contributed by atoms with Crippen LogP contribution < -0.4 is 5.32 Å². The first-order chi connectivity index (χ1) is 5.27. The first-order valence-corrected chi connectivity index (χ1v) is 4.15. The minimum Gasteiger partial charge on any atom is -0.385 e. The molecule has 0 radical (unpaired) electrons. The molecule has 3 nitrogen and oxygen atoms in total. The molecule has 0 aromatic carbocycles. The fourth-order valence-electron chi connectivity index (χ4n) is 1.36. The molecular formula is C8H18ClNO2. The normalized spacial score (nSPS) is 28.5. The van der Waals surface area contributed by atoms with Gasteiger partial charge in [0.1, 0.15) is 5.72 Å². The maximum absolute atomic E-state index is 5.52. The van der Waals surface area contributed by atoms with E-state index in [1.165, 1.54) is 0 Å². The van der Waals surface area contributed by atoms with Crippen LogP contribution in [0.3, 0.4) is 0 Å². The molecule has 1 aliphatic heterocycles. The first-order valence-electron chi connectivity index (χ1n) is 4.15. The summed E-state index contributed by atoms with van der Waals surface area (Å²) in [4.78, 5) is 0. The Bertz CT molecular complexity index is 116. The molecule has 1 saturated heterocycles. The Morgan fingerprint density at radius 1 is 1.58 bits per heavy atom. The zero-order chi connectivity index (χ0) is 8.16. The van der Waals surface area contributed by atoms with Crippen molar-refractivity contribution in [3.63, 3.8) is 0 Å². The molecule has 1 unspecified atom stereocenters. The van der Waals surface area contributed by atoms with E-state index in [-0.39, 0.29) is 18.1 Å². The van der Waals surface area contributed by atoms with Crippen molar-refractivity contribution in [1.82, 2.24) is 5.32 Å². The molecule has 0 saturated carbocycles. The Morgan fingerprint density at radius 2 is 2.33 bits per heavy atom. The fourth-order valence-corrected chi connectivity index (χ4v) is 1.36. The van der Waals surface area contributed by atoms with Crippen molar-refractivity contribution in [3.05, 3.63) is 0 Å². The molecule has 0 bridgehead atoms. The van der Waals surface area contributed by atoms with E-state index in [0.717, 1.165) is 32.6 Å². The minimum atomic E-state index is -0.0848. The smallest absolute Gasteiger partial charge is 0.116 e. The summed E-state index contributed by atoms with van der Waals surface area (Å²) in [6.07, 6.45) is 2.08. The van der Waals surface area contributed by atoms with Crippen molar-refractivity contribution in [1.29, 1.82) is 0 Å². The molecule has 0 spiro atoms. The zero-order valence-electron chi connectivity index (χ0n) is 7.76. The lowest BCUT2D eigenvalue weighted by Gasteiger charge is -2.22. The average Bonchev–Trinajstić information content (AvgIpc) is 2.38. The van der Waals surface area contributed by atoms with Gasteiger partial charge in [0.2, 0.25) is 0 Å². The lowest BCUT2D eigenvalue weighted by Crippen LogP contribution is -2.37. The Morgan fingerprint density at radius 3 is 2.83 bits per heavy atom. The molecule has 0 aromatic heterocycles. The van der Waals surface area contributed by atoms with Gasteiger partial charge < -0.3 is 9.47 Å². The van der Waals surface area contributed by atoms with E-state index in [1.54, 1.807) is 7.11 Å². The molecule has 12 heavy (non-hydrogen) atoms. The number of rotatable bonds is 4. The third-order valence-corrected chi connectivity index (χ3v) is 2.02. The van der Waals surface area contributed by atoms with Crippen molar-refractivity contribution in [2.24, 2.45) is 0 Å². The SMILES string of the molecule is COCCCC1(C)NCCO1.Cl. The third kappa shape index (κ3) is 3.72. The van der Waals surface area contributed by atoms with Gasteiger partial charge in [0.05, 0.1) is 6.61 Å². The Balaban J connectivity index is 0.00000121. The fraction of sp³-hybridized carbons (Fsp3) is 1.00. The summed E-state index contributed by atoms with van der Waals surface area (Å²) in [5.74, 6) is 0. The van der Waals surface area contributed by atoms with Crippen LogP contribution in [0.1, 0.15) is 19.8 Å². The van der Waals surface area contributed by atoms with Crippen molar-refractivity contribution in [2.75, 3.05) is 26.9 Å². The van der Waals surface area contributed by atoms with Gasteiger partial charge in [0.25, 0.3) is 0 Å². The molecular weight excluding hydrogens is 178 g/mol. The highest BCUT2D eigenvalue weighted by Gasteiger charge is 2.27. The number of nitrogens with one attached hydrogen (secondary N) is 1. The molecule has 1 fully saturated rings. The second-order valence-electron chi connectivity index (χ2n) is 3.10. The van der Waals surface area contributed by atoms with Gasteiger partial charge in [-0.1, -0.05) is 0 Å². The summed E-state index contributed by atoms with van der Waals surface area (Å²) in [5, 5.41) is 3.31. The topological polar surface area (TPSA) is 30.5 Å². The lowest BCUT2D eigenvalue weighted by molar-refractivity contribution is -0.00660. The van der Waals surface area contributed by atoms with Crippen LogP contribution in [0.5, 0.6) is 0 Å². The summed E-state index contributed by atoms with van der Waals surface area (Å²) < 4.78 is 10.5. The van der Waals surface area contributed by atoms with Crippen molar-refractivity contribution in [2.45, 2.75) is 25.5 Å². The van der Waals surface area contributed by atoms with Gasteiger partial charge in [0, 0.05) is 20.3 Å². The van der Waals surface area contributed by atoms with E-state index in [0.29, 0.717) is 0 Å². The van der Waals surface area contributed by atoms with E-state index >= 15 is 0 Å². The summed E-state index contributed by atoms with van der Waals surface area (Å²) in [6, 6.07) is 0. The van der Waals surface area contributed by atoms with Gasteiger partial charge in [-0.15, -0.1) is 12.4 Å². The van der Waals surface area contributed by atoms with Crippen molar-refractivity contribution in [3.8, 4) is 0 Å². The minimum absolute atomic E-state index is 0. The number of ether oxygens (including phenoxy) is 2. The standard InChI is InChI=1S/C8H17NO2.ClH/c1-8(4-3-6-10-2)9-5-7-11-8;/h9H,3-7H2,1-2H3;1H. The van der Waals surface area contributed by atoms with Gasteiger partial charge in [-0.3, -0.25) is 5.32 Å². The van der Waals surface area contributed by atoms with Crippen LogP contribution in [0, 0.1) is 0 Å². The molecule has 1 N–H and O–H groups in total. The first kappa shape index (κ1) is 12.2. The summed E-state index contributed by atoms with van der Waals surface area (Å²) in [7, 11) is 1.73. The molecule has 1 rings (SSSR count). The Kier molecular flexibility index (Phi) is 5.84. The van der Waals surface area contributed by atoms with Crippen LogP contribution in [0.2, 0.25) is 0 Å². The molecule has 0 aliphatic carbocycles. The largest absolute Gasteiger partial charge is 0.385 e. The van der Waals surface area contributed by atoms with E-state index < -0.39 is 0 Å². The zero-order valence-corrected chi connectivity index (χ0v) is 8.58. The van der Waals surface area contributed by atoms with E-state index in [4.69, 9.17) is 9.47 Å². The monoisotopic (exact) mass is 195 g/mol. The lowest BCUT2D eigenvalue weighted by atomic mass is 10.1. The van der Waals surface area contributed by atoms with Gasteiger partial charge >= 0.3 is 0 Å². The number of halogens is 1. The highest BCUT2D eigenvalue weighted by atomic mass is 35.5. The highest BCUT2D eigenvalue weighted by Crippen LogP contribution is 2.17. The van der Waals surface area contributed by atoms with Crippen LogP contribution in [0.4, 0.5) is 0 Å². The second kappa shape index (κ2) is 5.75. The number of hydrogen-bond donors (Lipinski definition) is 1. The summed E-state index contributed by atoms with van der Waals surface area (Å²) in [5.41, 5.74) is -0.0848. The van der Waals surface area contributed by atoms with Crippen LogP contribution in [-0.4, -0.2) is 32.6 Å². The second-order valence-corrected chi connectivity index (χ2v) is 3.10. The predicted molar refractivity (Wildman–Crippen MR) is 50.7 cm³/mol. The highest BCUT2D eigenvalue weighted by molar-refractivity contribution is 5.85. The number of hydrogen-bond acceptors (Lipinski definition) is 3. The predicted octanol–water partition coefficient (Wildman–Crippen LogP) is 1.17. The van der Waals surface area contributed by atoms with Crippen molar-refractivity contribution < 1.29 is 9.47 Å². The molecule has 1 atom stereocenters. The third-order valence-electron chi connectivity index (χ3n) is 2.02. The van der Waals surface area contributed by atoms with Crippen molar-refractivity contribution >= 4 is 12.4 Å². The van der Waals surface area contributed by atoms with Crippen LogP contribution >= 0.6 is 12.4 Å².